The van der Waals surface area contributed by atoms with E-state index in [1.165, 1.54) is 17.6 Å². The van der Waals surface area contributed by atoms with Crippen molar-refractivity contribution in [3.05, 3.63) is 29.0 Å². The molecule has 130 valence electrons. The van der Waals surface area contributed by atoms with Crippen LogP contribution in [0.2, 0.25) is 0 Å². The Morgan fingerprint density at radius 1 is 1.12 bits per heavy atom. The quantitative estimate of drug-likeness (QED) is 0.653. The van der Waals surface area contributed by atoms with Crippen LogP contribution >= 0.6 is 0 Å². The second kappa shape index (κ2) is 5.19. The van der Waals surface area contributed by atoms with Gasteiger partial charge in [0.15, 0.2) is 5.78 Å². The molecule has 4 rings (SSSR count). The predicted molar refractivity (Wildman–Crippen MR) is 95.4 cm³/mol. The van der Waals surface area contributed by atoms with Crippen LogP contribution in [0.15, 0.2) is 29.0 Å². The maximum absolute atomic E-state index is 11.9. The summed E-state index contributed by atoms with van der Waals surface area (Å²) in [5.74, 6) is 1.18. The zero-order valence-corrected chi connectivity index (χ0v) is 15.3. The van der Waals surface area contributed by atoms with Crippen LogP contribution in [0.3, 0.4) is 0 Å². The molecule has 2 heteroatoms. The van der Waals surface area contributed by atoms with Gasteiger partial charge >= 0.3 is 0 Å². The number of carbonyl (C=O) groups is 1. The van der Waals surface area contributed by atoms with Crippen LogP contribution in [-0.2, 0) is 4.79 Å². The van der Waals surface area contributed by atoms with E-state index in [-0.39, 0.29) is 16.6 Å². The molecule has 0 spiro atoms. The van der Waals surface area contributed by atoms with Gasteiger partial charge in [-0.1, -0.05) is 19.4 Å². The molecule has 0 heterocycles. The molecule has 0 radical (unpaired) electrons. The summed E-state index contributed by atoms with van der Waals surface area (Å²) in [5, 5.41) is 11.9. The van der Waals surface area contributed by atoms with Crippen molar-refractivity contribution in [2.75, 3.05) is 0 Å². The van der Waals surface area contributed by atoms with Gasteiger partial charge in [-0.05, 0) is 86.8 Å². The number of fused-ring (bicyclic) bond motifs is 5. The first-order valence-electron chi connectivity index (χ1n) is 9.72. The van der Waals surface area contributed by atoms with Crippen molar-refractivity contribution in [3.63, 3.8) is 0 Å². The van der Waals surface area contributed by atoms with Gasteiger partial charge in [-0.3, -0.25) is 4.79 Å². The fraction of sp³-hybridized carbons (Fsp3) is 0.727. The van der Waals surface area contributed by atoms with Crippen molar-refractivity contribution >= 4 is 5.78 Å². The topological polar surface area (TPSA) is 37.3 Å². The van der Waals surface area contributed by atoms with E-state index >= 15 is 0 Å². The Labute approximate surface area is 145 Å². The summed E-state index contributed by atoms with van der Waals surface area (Å²) >= 11 is 0. The molecule has 0 aromatic carbocycles. The molecular weight excluding hydrogens is 296 g/mol. The van der Waals surface area contributed by atoms with E-state index in [0.29, 0.717) is 18.3 Å². The molecule has 3 fully saturated rings. The van der Waals surface area contributed by atoms with E-state index in [9.17, 15) is 9.90 Å². The van der Waals surface area contributed by atoms with Crippen LogP contribution in [-0.4, -0.2) is 16.5 Å². The predicted octanol–water partition coefficient (Wildman–Crippen LogP) is 4.73. The molecular formula is C22H30O2. The lowest BCUT2D eigenvalue weighted by molar-refractivity contribution is -0.183. The average Bonchev–Trinajstić information content (AvgIpc) is 2.87. The largest absolute Gasteiger partial charge is 0.389 e. The van der Waals surface area contributed by atoms with Gasteiger partial charge in [0.05, 0.1) is 5.60 Å². The van der Waals surface area contributed by atoms with E-state index in [4.69, 9.17) is 0 Å². The highest BCUT2D eigenvalue weighted by Crippen LogP contribution is 2.67. The minimum atomic E-state index is -0.632. The Kier molecular flexibility index (Phi) is 3.54. The Balaban J connectivity index is 1.76. The maximum Gasteiger partial charge on any atom is 0.155 e. The standard InChI is InChI=1S/C22H30O2/c1-4-5-15-6-8-18-19-9-7-16-14-17(23)10-11-21(16,3)22(19,24)13-12-20(15,18)2/h4,14,18-19,24H,6-13H2,1-3H3/t5?,18-,19-,20+,21-,22+/m0/s1. The SMILES string of the molecule is CC=C=C1CC[C@H]2[C@@H]3CCC4=CC(=O)CC[C@]4(C)[C@@]3(O)CC[C@]12C. The number of ketones is 1. The fourth-order valence-electron chi connectivity index (χ4n) is 6.73. The Hall–Kier alpha value is -1.11. The van der Waals surface area contributed by atoms with Gasteiger partial charge in [0.25, 0.3) is 0 Å². The van der Waals surface area contributed by atoms with Crippen molar-refractivity contribution in [3.8, 4) is 0 Å². The maximum atomic E-state index is 11.9. The number of allylic oxidation sites excluding steroid dienone is 1. The minimum Gasteiger partial charge on any atom is -0.389 e. The summed E-state index contributed by atoms with van der Waals surface area (Å²) in [5.41, 5.74) is 5.60. The molecule has 2 nitrogen and oxygen atoms in total. The fourth-order valence-corrected chi connectivity index (χ4v) is 6.73. The molecule has 0 amide bonds. The molecule has 0 aromatic rings. The number of hydrogen-bond donors (Lipinski definition) is 1. The van der Waals surface area contributed by atoms with Crippen LogP contribution in [0.1, 0.15) is 72.1 Å². The number of carbonyl (C=O) groups excluding carboxylic acids is 1. The summed E-state index contributed by atoms with van der Waals surface area (Å²) in [4.78, 5) is 11.9. The molecule has 24 heavy (non-hydrogen) atoms. The highest BCUT2D eigenvalue weighted by molar-refractivity contribution is 5.91. The Morgan fingerprint density at radius 3 is 2.62 bits per heavy atom. The first kappa shape index (κ1) is 16.4. The van der Waals surface area contributed by atoms with Gasteiger partial charge in [-0.25, -0.2) is 0 Å². The van der Waals surface area contributed by atoms with Crippen LogP contribution in [0, 0.1) is 22.7 Å². The van der Waals surface area contributed by atoms with Crippen LogP contribution in [0.25, 0.3) is 0 Å². The zero-order valence-electron chi connectivity index (χ0n) is 15.3. The van der Waals surface area contributed by atoms with E-state index in [2.05, 4.69) is 32.6 Å². The Morgan fingerprint density at radius 2 is 1.88 bits per heavy atom. The van der Waals surface area contributed by atoms with E-state index in [1.54, 1.807) is 0 Å². The number of hydrogen-bond acceptors (Lipinski definition) is 2. The van der Waals surface area contributed by atoms with Gasteiger partial charge in [-0.2, -0.15) is 0 Å². The van der Waals surface area contributed by atoms with Gasteiger partial charge in [0.1, 0.15) is 0 Å². The van der Waals surface area contributed by atoms with E-state index < -0.39 is 5.60 Å². The molecule has 4 aliphatic rings. The molecule has 0 aliphatic heterocycles. The third-order valence-corrected chi connectivity index (χ3v) is 8.25. The zero-order chi connectivity index (χ0) is 17.2. The first-order valence-corrected chi connectivity index (χ1v) is 9.72. The first-order chi connectivity index (χ1) is 11.3. The summed E-state index contributed by atoms with van der Waals surface area (Å²) in [6.07, 6.45) is 11.6. The summed E-state index contributed by atoms with van der Waals surface area (Å²) in [7, 11) is 0. The lowest BCUT2D eigenvalue weighted by Gasteiger charge is -2.62. The molecule has 3 saturated carbocycles. The molecule has 0 saturated heterocycles. The molecule has 0 unspecified atom stereocenters. The molecule has 0 bridgehead atoms. The van der Waals surface area contributed by atoms with Gasteiger partial charge < -0.3 is 5.11 Å². The van der Waals surface area contributed by atoms with E-state index in [0.717, 1.165) is 38.5 Å². The monoisotopic (exact) mass is 326 g/mol. The second-order valence-electron chi connectivity index (χ2n) is 9.01. The molecule has 5 atom stereocenters. The number of rotatable bonds is 0. The third-order valence-electron chi connectivity index (χ3n) is 8.25. The van der Waals surface area contributed by atoms with Crippen LogP contribution in [0.4, 0.5) is 0 Å². The van der Waals surface area contributed by atoms with Gasteiger partial charge in [0.2, 0.25) is 0 Å². The van der Waals surface area contributed by atoms with E-state index in [1.807, 2.05) is 6.08 Å². The molecule has 4 aliphatic carbocycles. The lowest BCUT2D eigenvalue weighted by Crippen LogP contribution is -2.62. The van der Waals surface area contributed by atoms with Crippen molar-refractivity contribution in [1.29, 1.82) is 0 Å². The van der Waals surface area contributed by atoms with Crippen molar-refractivity contribution < 1.29 is 9.90 Å². The Bertz CT molecular complexity index is 680. The highest BCUT2D eigenvalue weighted by Gasteiger charge is 2.64. The highest BCUT2D eigenvalue weighted by atomic mass is 16.3. The van der Waals surface area contributed by atoms with Crippen molar-refractivity contribution in [1.82, 2.24) is 0 Å². The summed E-state index contributed by atoms with van der Waals surface area (Å²) in [6.45, 7) is 6.70. The lowest BCUT2D eigenvalue weighted by atomic mass is 9.45. The van der Waals surface area contributed by atoms with Crippen LogP contribution in [0.5, 0.6) is 0 Å². The van der Waals surface area contributed by atoms with Gasteiger partial charge in [0, 0.05) is 11.8 Å². The summed E-state index contributed by atoms with van der Waals surface area (Å²) in [6, 6.07) is 0. The third kappa shape index (κ3) is 1.90. The van der Waals surface area contributed by atoms with Crippen molar-refractivity contribution in [2.24, 2.45) is 22.7 Å². The van der Waals surface area contributed by atoms with Crippen molar-refractivity contribution in [2.45, 2.75) is 77.7 Å². The molecule has 1 N–H and O–H groups in total. The average molecular weight is 326 g/mol. The van der Waals surface area contributed by atoms with Gasteiger partial charge in [-0.15, -0.1) is 5.73 Å². The smallest absolute Gasteiger partial charge is 0.155 e. The number of aliphatic hydroxyl groups is 1. The summed E-state index contributed by atoms with van der Waals surface area (Å²) < 4.78 is 0. The normalized spacial score (nSPS) is 47.2. The molecule has 0 aromatic heterocycles. The second-order valence-corrected chi connectivity index (χ2v) is 9.01. The minimum absolute atomic E-state index is 0.196. The van der Waals surface area contributed by atoms with Crippen LogP contribution < -0.4 is 0 Å².